The molecule has 0 bridgehead atoms. The highest BCUT2D eigenvalue weighted by Crippen LogP contribution is 2.47. The molecule has 0 heterocycles. The number of benzene rings is 2. The van der Waals surface area contributed by atoms with Crippen LogP contribution in [-0.4, -0.2) is 5.11 Å². The summed E-state index contributed by atoms with van der Waals surface area (Å²) in [7, 11) is 0. The molecule has 0 saturated carbocycles. The lowest BCUT2D eigenvalue weighted by Crippen LogP contribution is -2.23. The van der Waals surface area contributed by atoms with Gasteiger partial charge in [0.25, 0.3) is 0 Å². The second kappa shape index (κ2) is 4.67. The van der Waals surface area contributed by atoms with Crippen molar-refractivity contribution in [1.29, 1.82) is 0 Å². The van der Waals surface area contributed by atoms with Crippen molar-refractivity contribution in [3.63, 3.8) is 0 Å². The smallest absolute Gasteiger partial charge is 0.0804 e. The Hall–Kier alpha value is -1.86. The van der Waals surface area contributed by atoms with E-state index in [4.69, 9.17) is 0 Å². The Bertz CT molecular complexity index is 588. The van der Waals surface area contributed by atoms with E-state index in [9.17, 15) is 5.11 Å². The van der Waals surface area contributed by atoms with Crippen molar-refractivity contribution in [2.24, 2.45) is 0 Å². The summed E-state index contributed by atoms with van der Waals surface area (Å²) >= 11 is 0. The molecule has 19 heavy (non-hydrogen) atoms. The van der Waals surface area contributed by atoms with Gasteiger partial charge >= 0.3 is 0 Å². The largest absolute Gasteiger partial charge is 0.388 e. The van der Waals surface area contributed by atoms with E-state index in [1.54, 1.807) is 0 Å². The van der Waals surface area contributed by atoms with E-state index in [0.29, 0.717) is 0 Å². The van der Waals surface area contributed by atoms with E-state index >= 15 is 0 Å². The molecular formula is C18H18O. The highest BCUT2D eigenvalue weighted by molar-refractivity contribution is 5.46. The van der Waals surface area contributed by atoms with Gasteiger partial charge in [-0.1, -0.05) is 60.7 Å². The first-order valence-corrected chi connectivity index (χ1v) is 6.70. The number of aliphatic hydroxyl groups is 1. The highest BCUT2D eigenvalue weighted by Gasteiger charge is 2.40. The van der Waals surface area contributed by atoms with Crippen LogP contribution in [0.4, 0.5) is 0 Å². The van der Waals surface area contributed by atoms with Crippen molar-refractivity contribution in [3.8, 4) is 0 Å². The van der Waals surface area contributed by atoms with Gasteiger partial charge in [0.1, 0.15) is 0 Å². The number of allylic oxidation sites excluding steroid dienone is 1. The maximum absolute atomic E-state index is 10.3. The molecule has 0 saturated heterocycles. The highest BCUT2D eigenvalue weighted by atomic mass is 16.3. The lowest BCUT2D eigenvalue weighted by atomic mass is 9.77. The van der Waals surface area contributed by atoms with E-state index in [1.807, 2.05) is 30.3 Å². The summed E-state index contributed by atoms with van der Waals surface area (Å²) in [6.07, 6.45) is 3.25. The van der Waals surface area contributed by atoms with Gasteiger partial charge in [-0.2, -0.15) is 0 Å². The maximum atomic E-state index is 10.3. The Morgan fingerprint density at radius 1 is 1.11 bits per heavy atom. The first-order chi connectivity index (χ1) is 9.25. The molecule has 0 aromatic heterocycles. The fourth-order valence-corrected chi connectivity index (χ4v) is 3.20. The van der Waals surface area contributed by atoms with Crippen LogP contribution >= 0.6 is 0 Å². The molecule has 0 spiro atoms. The molecule has 0 fully saturated rings. The van der Waals surface area contributed by atoms with Gasteiger partial charge in [-0.15, -0.1) is 6.58 Å². The second-order valence-corrected chi connectivity index (χ2v) is 5.33. The number of aliphatic hydroxyl groups excluding tert-OH is 1. The predicted octanol–water partition coefficient (Wildman–Crippen LogP) is 3.79. The van der Waals surface area contributed by atoms with E-state index in [2.05, 4.69) is 36.9 Å². The van der Waals surface area contributed by atoms with Gasteiger partial charge in [0.15, 0.2) is 0 Å². The van der Waals surface area contributed by atoms with E-state index < -0.39 is 0 Å². The standard InChI is InChI=1S/C18H18O/c1-2-18(12-14-8-4-3-5-9-14)13-17(19)15-10-6-7-11-16(15)18/h2-11,17,19H,1,12-13H2/t17-,18-/m0/s1. The predicted molar refractivity (Wildman–Crippen MR) is 78.0 cm³/mol. The monoisotopic (exact) mass is 250 g/mol. The molecule has 0 unspecified atom stereocenters. The summed E-state index contributed by atoms with van der Waals surface area (Å²) in [5, 5.41) is 10.3. The first-order valence-electron chi connectivity index (χ1n) is 6.70. The molecule has 2 aromatic carbocycles. The number of fused-ring (bicyclic) bond motifs is 1. The minimum Gasteiger partial charge on any atom is -0.388 e. The fourth-order valence-electron chi connectivity index (χ4n) is 3.20. The van der Waals surface area contributed by atoms with E-state index in [0.717, 1.165) is 18.4 Å². The van der Waals surface area contributed by atoms with E-state index in [-0.39, 0.29) is 11.5 Å². The van der Waals surface area contributed by atoms with Gasteiger partial charge < -0.3 is 5.11 Å². The van der Waals surface area contributed by atoms with Crippen LogP contribution in [-0.2, 0) is 11.8 Å². The fraction of sp³-hybridized carbons (Fsp3) is 0.222. The van der Waals surface area contributed by atoms with Gasteiger partial charge in [0.05, 0.1) is 6.10 Å². The third kappa shape index (κ3) is 2.00. The number of rotatable bonds is 3. The van der Waals surface area contributed by atoms with Crippen molar-refractivity contribution in [1.82, 2.24) is 0 Å². The third-order valence-corrected chi connectivity index (χ3v) is 4.17. The Morgan fingerprint density at radius 3 is 2.53 bits per heavy atom. The van der Waals surface area contributed by atoms with Crippen LogP contribution in [0.3, 0.4) is 0 Å². The van der Waals surface area contributed by atoms with Gasteiger partial charge in [-0.25, -0.2) is 0 Å². The van der Waals surface area contributed by atoms with Crippen LogP contribution in [0.1, 0.15) is 29.2 Å². The van der Waals surface area contributed by atoms with Crippen molar-refractivity contribution in [2.75, 3.05) is 0 Å². The van der Waals surface area contributed by atoms with Crippen molar-refractivity contribution >= 4 is 0 Å². The van der Waals surface area contributed by atoms with Crippen molar-refractivity contribution in [3.05, 3.63) is 83.9 Å². The van der Waals surface area contributed by atoms with Gasteiger partial charge in [-0.05, 0) is 29.5 Å². The van der Waals surface area contributed by atoms with Gasteiger partial charge in [0.2, 0.25) is 0 Å². The molecular weight excluding hydrogens is 232 g/mol. The second-order valence-electron chi connectivity index (χ2n) is 5.33. The summed E-state index contributed by atoms with van der Waals surface area (Å²) in [4.78, 5) is 0. The van der Waals surface area contributed by atoms with Crippen LogP contribution < -0.4 is 0 Å². The summed E-state index contributed by atoms with van der Waals surface area (Å²) in [6.45, 7) is 4.03. The minimum atomic E-state index is -0.377. The third-order valence-electron chi connectivity index (χ3n) is 4.17. The molecule has 1 heteroatoms. The number of hydrogen-bond donors (Lipinski definition) is 1. The van der Waals surface area contributed by atoms with E-state index in [1.165, 1.54) is 11.1 Å². The van der Waals surface area contributed by atoms with Crippen LogP contribution in [0.15, 0.2) is 67.3 Å². The van der Waals surface area contributed by atoms with Crippen LogP contribution in [0, 0.1) is 0 Å². The zero-order chi connectivity index (χ0) is 13.3. The van der Waals surface area contributed by atoms with Crippen molar-refractivity contribution in [2.45, 2.75) is 24.4 Å². The summed E-state index contributed by atoms with van der Waals surface area (Å²) in [6, 6.07) is 18.6. The molecule has 2 atom stereocenters. The Morgan fingerprint density at radius 2 is 1.79 bits per heavy atom. The SMILES string of the molecule is C=C[C@]1(Cc2ccccc2)C[C@H](O)c2ccccc21. The van der Waals surface area contributed by atoms with Crippen LogP contribution in [0.2, 0.25) is 0 Å². The molecule has 1 aliphatic rings. The zero-order valence-corrected chi connectivity index (χ0v) is 10.9. The van der Waals surface area contributed by atoms with Crippen LogP contribution in [0.5, 0.6) is 0 Å². The van der Waals surface area contributed by atoms with Crippen LogP contribution in [0.25, 0.3) is 0 Å². The summed E-state index contributed by atoms with van der Waals surface area (Å²) in [5.74, 6) is 0. The molecule has 1 N–H and O–H groups in total. The Balaban J connectivity index is 2.04. The molecule has 0 amide bonds. The molecule has 96 valence electrons. The molecule has 2 aromatic rings. The molecule has 1 nitrogen and oxygen atoms in total. The number of hydrogen-bond acceptors (Lipinski definition) is 1. The molecule has 0 radical (unpaired) electrons. The summed E-state index contributed by atoms with van der Waals surface area (Å²) in [5.41, 5.74) is 3.42. The quantitative estimate of drug-likeness (QED) is 0.822. The zero-order valence-electron chi connectivity index (χ0n) is 10.9. The van der Waals surface area contributed by atoms with Gasteiger partial charge in [-0.3, -0.25) is 0 Å². The normalized spacial score (nSPS) is 25.0. The molecule has 3 rings (SSSR count). The first kappa shape index (κ1) is 12.2. The minimum absolute atomic E-state index is 0.142. The molecule has 0 aliphatic heterocycles. The maximum Gasteiger partial charge on any atom is 0.0804 e. The van der Waals surface area contributed by atoms with Gasteiger partial charge in [0, 0.05) is 5.41 Å². The Labute approximate surface area is 114 Å². The Kier molecular flexibility index (Phi) is 3.00. The average Bonchev–Trinajstić information content (AvgIpc) is 2.74. The lowest BCUT2D eigenvalue weighted by molar-refractivity contribution is 0.163. The molecule has 1 aliphatic carbocycles. The lowest BCUT2D eigenvalue weighted by Gasteiger charge is -2.27. The summed E-state index contributed by atoms with van der Waals surface area (Å²) < 4.78 is 0. The topological polar surface area (TPSA) is 20.2 Å². The van der Waals surface area contributed by atoms with Crippen molar-refractivity contribution < 1.29 is 5.11 Å². The average molecular weight is 250 g/mol.